The van der Waals surface area contributed by atoms with E-state index < -0.39 is 15.8 Å². The maximum Gasteiger partial charge on any atom is 0.243 e. The fourth-order valence-electron chi connectivity index (χ4n) is 2.09. The van der Waals surface area contributed by atoms with Crippen molar-refractivity contribution >= 4 is 22.4 Å². The molecular formula is C16H20ClFN2O2S. The zero-order chi connectivity index (χ0) is 16.0. The molecule has 0 amide bonds. The second kappa shape index (κ2) is 8.98. The summed E-state index contributed by atoms with van der Waals surface area (Å²) in [5, 5.41) is 0. The summed E-state index contributed by atoms with van der Waals surface area (Å²) in [5.41, 5.74) is 6.39. The highest BCUT2D eigenvalue weighted by Gasteiger charge is 2.24. The molecule has 0 heterocycles. The molecule has 0 radical (unpaired) electrons. The third kappa shape index (κ3) is 5.28. The maximum atomic E-state index is 13.0. The molecule has 0 aliphatic carbocycles. The molecule has 0 aliphatic heterocycles. The Labute approximate surface area is 142 Å². The topological polar surface area (TPSA) is 63.4 Å². The Morgan fingerprint density at radius 2 is 1.61 bits per heavy atom. The molecule has 23 heavy (non-hydrogen) atoms. The van der Waals surface area contributed by atoms with E-state index in [1.807, 2.05) is 30.3 Å². The molecule has 7 heteroatoms. The van der Waals surface area contributed by atoms with Crippen molar-refractivity contribution in [1.29, 1.82) is 0 Å². The van der Waals surface area contributed by atoms with Gasteiger partial charge in [0.2, 0.25) is 10.0 Å². The molecule has 2 aromatic rings. The lowest BCUT2D eigenvalue weighted by Crippen LogP contribution is -2.32. The molecule has 0 aromatic heterocycles. The minimum atomic E-state index is -3.68. The molecule has 2 aromatic carbocycles. The Morgan fingerprint density at radius 3 is 2.17 bits per heavy atom. The maximum absolute atomic E-state index is 13.0. The number of nitrogens with two attached hydrogens (primary N) is 1. The summed E-state index contributed by atoms with van der Waals surface area (Å²) in [6.45, 7) is 0.996. The van der Waals surface area contributed by atoms with Crippen molar-refractivity contribution in [2.24, 2.45) is 5.73 Å². The first-order chi connectivity index (χ1) is 10.5. The Bertz CT molecular complexity index is 694. The second-order valence-electron chi connectivity index (χ2n) is 4.92. The number of rotatable bonds is 7. The first kappa shape index (κ1) is 19.6. The molecule has 2 rings (SSSR count). The molecule has 126 valence electrons. The highest BCUT2D eigenvalue weighted by Crippen LogP contribution is 2.19. The predicted octanol–water partition coefficient (Wildman–Crippen LogP) is 2.79. The van der Waals surface area contributed by atoms with Gasteiger partial charge in [-0.25, -0.2) is 12.8 Å². The average molecular weight is 359 g/mol. The Morgan fingerprint density at radius 1 is 1.00 bits per heavy atom. The third-order valence-electron chi connectivity index (χ3n) is 3.26. The summed E-state index contributed by atoms with van der Waals surface area (Å²) in [7, 11) is -3.68. The highest BCUT2D eigenvalue weighted by atomic mass is 35.5. The van der Waals surface area contributed by atoms with Gasteiger partial charge in [-0.3, -0.25) is 0 Å². The van der Waals surface area contributed by atoms with Crippen LogP contribution in [0.1, 0.15) is 12.0 Å². The van der Waals surface area contributed by atoms with Gasteiger partial charge in [0.1, 0.15) is 5.82 Å². The molecule has 0 atom stereocenters. The van der Waals surface area contributed by atoms with Crippen LogP contribution in [0.3, 0.4) is 0 Å². The van der Waals surface area contributed by atoms with Crippen LogP contribution in [-0.4, -0.2) is 25.8 Å². The van der Waals surface area contributed by atoms with E-state index in [1.54, 1.807) is 0 Å². The summed E-state index contributed by atoms with van der Waals surface area (Å²) in [6.07, 6.45) is 0.563. The van der Waals surface area contributed by atoms with Crippen molar-refractivity contribution in [2.75, 3.05) is 13.1 Å². The van der Waals surface area contributed by atoms with Crippen LogP contribution < -0.4 is 5.73 Å². The standard InChI is InChI=1S/C16H19FN2O2S.ClH/c17-15-7-9-16(10-8-15)22(20,21)19(12-4-11-18)13-14-5-2-1-3-6-14;/h1-3,5-10H,4,11-13,18H2;1H. The predicted molar refractivity (Wildman–Crippen MR) is 91.4 cm³/mol. The third-order valence-corrected chi connectivity index (χ3v) is 5.12. The molecule has 4 nitrogen and oxygen atoms in total. The van der Waals surface area contributed by atoms with Crippen molar-refractivity contribution < 1.29 is 12.8 Å². The lowest BCUT2D eigenvalue weighted by molar-refractivity contribution is 0.401. The summed E-state index contributed by atoms with van der Waals surface area (Å²) in [5.74, 6) is -0.462. The lowest BCUT2D eigenvalue weighted by Gasteiger charge is -2.22. The lowest BCUT2D eigenvalue weighted by atomic mass is 10.2. The Balaban J connectivity index is 0.00000264. The van der Waals surface area contributed by atoms with Gasteiger partial charge in [-0.05, 0) is 42.8 Å². The smallest absolute Gasteiger partial charge is 0.243 e. The number of nitrogens with zero attached hydrogens (tertiary/aromatic N) is 1. The first-order valence-corrected chi connectivity index (χ1v) is 8.48. The second-order valence-corrected chi connectivity index (χ2v) is 6.86. The monoisotopic (exact) mass is 358 g/mol. The number of halogens is 2. The number of hydrogen-bond donors (Lipinski definition) is 1. The van der Waals surface area contributed by atoms with E-state index in [0.717, 1.165) is 17.7 Å². The van der Waals surface area contributed by atoms with E-state index in [4.69, 9.17) is 5.73 Å². The van der Waals surface area contributed by atoms with Crippen molar-refractivity contribution in [3.8, 4) is 0 Å². The van der Waals surface area contributed by atoms with E-state index >= 15 is 0 Å². The molecule has 0 unspecified atom stereocenters. The average Bonchev–Trinajstić information content (AvgIpc) is 2.52. The molecule has 0 fully saturated rings. The molecule has 2 N–H and O–H groups in total. The SMILES string of the molecule is Cl.NCCCN(Cc1ccccc1)S(=O)(=O)c1ccc(F)cc1. The van der Waals surface area contributed by atoms with Gasteiger partial charge in [0, 0.05) is 13.1 Å². The van der Waals surface area contributed by atoms with E-state index in [0.29, 0.717) is 19.5 Å². The zero-order valence-corrected chi connectivity index (χ0v) is 14.2. The summed E-state index contributed by atoms with van der Waals surface area (Å²) in [6, 6.07) is 14.2. The van der Waals surface area contributed by atoms with Gasteiger partial charge in [-0.2, -0.15) is 4.31 Å². The van der Waals surface area contributed by atoms with E-state index in [9.17, 15) is 12.8 Å². The van der Waals surface area contributed by atoms with Crippen LogP contribution >= 0.6 is 12.4 Å². The van der Waals surface area contributed by atoms with Crippen molar-refractivity contribution in [3.05, 3.63) is 66.0 Å². The van der Waals surface area contributed by atoms with Gasteiger partial charge in [0.05, 0.1) is 4.90 Å². The molecule has 0 saturated carbocycles. The normalized spacial score (nSPS) is 11.3. The molecule has 0 saturated heterocycles. The van der Waals surface area contributed by atoms with Crippen LogP contribution in [0.4, 0.5) is 4.39 Å². The minimum absolute atomic E-state index is 0. The molecule has 0 aliphatic rings. The van der Waals surface area contributed by atoms with Crippen LogP contribution in [0.2, 0.25) is 0 Å². The molecule has 0 spiro atoms. The first-order valence-electron chi connectivity index (χ1n) is 7.04. The van der Waals surface area contributed by atoms with Crippen molar-refractivity contribution in [2.45, 2.75) is 17.9 Å². The largest absolute Gasteiger partial charge is 0.330 e. The summed E-state index contributed by atoms with van der Waals surface area (Å²) >= 11 is 0. The van der Waals surface area contributed by atoms with Crippen LogP contribution in [0, 0.1) is 5.82 Å². The van der Waals surface area contributed by atoms with Crippen LogP contribution in [0.5, 0.6) is 0 Å². The van der Waals surface area contributed by atoms with E-state index in [-0.39, 0.29) is 23.8 Å². The Kier molecular flexibility index (Phi) is 7.64. The molecular weight excluding hydrogens is 339 g/mol. The van der Waals surface area contributed by atoms with Gasteiger partial charge < -0.3 is 5.73 Å². The van der Waals surface area contributed by atoms with Gasteiger partial charge in [-0.1, -0.05) is 30.3 Å². The number of hydrogen-bond acceptors (Lipinski definition) is 3. The summed E-state index contributed by atoms with van der Waals surface area (Å²) < 4.78 is 39.8. The van der Waals surface area contributed by atoms with Gasteiger partial charge in [0.25, 0.3) is 0 Å². The van der Waals surface area contributed by atoms with Gasteiger partial charge >= 0.3 is 0 Å². The Hall–Kier alpha value is -1.47. The van der Waals surface area contributed by atoms with Gasteiger partial charge in [-0.15, -0.1) is 12.4 Å². The van der Waals surface area contributed by atoms with E-state index in [1.165, 1.54) is 16.4 Å². The quantitative estimate of drug-likeness (QED) is 0.827. The number of sulfonamides is 1. The zero-order valence-electron chi connectivity index (χ0n) is 12.6. The van der Waals surface area contributed by atoms with Crippen molar-refractivity contribution in [1.82, 2.24) is 4.31 Å². The van der Waals surface area contributed by atoms with Gasteiger partial charge in [0.15, 0.2) is 0 Å². The van der Waals surface area contributed by atoms with E-state index in [2.05, 4.69) is 0 Å². The summed E-state index contributed by atoms with van der Waals surface area (Å²) in [4.78, 5) is 0.0850. The van der Waals surface area contributed by atoms with Crippen molar-refractivity contribution in [3.63, 3.8) is 0 Å². The fourth-order valence-corrected chi connectivity index (χ4v) is 3.56. The minimum Gasteiger partial charge on any atom is -0.330 e. The highest BCUT2D eigenvalue weighted by molar-refractivity contribution is 7.89. The van der Waals surface area contributed by atoms with Crippen LogP contribution in [0.15, 0.2) is 59.5 Å². The fraction of sp³-hybridized carbons (Fsp3) is 0.250. The van der Waals surface area contributed by atoms with Crippen LogP contribution in [-0.2, 0) is 16.6 Å². The van der Waals surface area contributed by atoms with Crippen LogP contribution in [0.25, 0.3) is 0 Å². The number of benzene rings is 2. The molecule has 0 bridgehead atoms.